The number of nitrogens with one attached hydrogen (secondary N) is 1. The Morgan fingerprint density at radius 1 is 0.971 bits per heavy atom. The molecule has 1 aliphatic rings. The van der Waals surface area contributed by atoms with E-state index in [9.17, 15) is 9.18 Å². The van der Waals surface area contributed by atoms with Crippen LogP contribution in [0.3, 0.4) is 0 Å². The number of anilines is 2. The lowest BCUT2D eigenvalue weighted by Crippen LogP contribution is -2.39. The summed E-state index contributed by atoms with van der Waals surface area (Å²) in [6.07, 6.45) is 1.54. The maximum atomic E-state index is 13.4. The van der Waals surface area contributed by atoms with Gasteiger partial charge in [-0.2, -0.15) is 9.61 Å². The number of carbonyl (C=O) groups excluding carboxylic acids is 1. The third kappa shape index (κ3) is 4.63. The van der Waals surface area contributed by atoms with E-state index in [2.05, 4.69) is 34.3 Å². The summed E-state index contributed by atoms with van der Waals surface area (Å²) in [5, 5.41) is 7.96. The van der Waals surface area contributed by atoms with Crippen LogP contribution in [0.2, 0.25) is 0 Å². The van der Waals surface area contributed by atoms with E-state index in [1.165, 1.54) is 17.7 Å². The highest BCUT2D eigenvalue weighted by atomic mass is 19.1. The first kappa shape index (κ1) is 23.0. The van der Waals surface area contributed by atoms with Gasteiger partial charge in [-0.25, -0.2) is 9.37 Å². The van der Waals surface area contributed by atoms with Gasteiger partial charge in [-0.3, -0.25) is 4.79 Å². The van der Waals surface area contributed by atoms with E-state index in [0.717, 1.165) is 71.2 Å². The van der Waals surface area contributed by atoms with Crippen molar-refractivity contribution in [1.29, 1.82) is 0 Å². The first-order valence-electron chi connectivity index (χ1n) is 12.1. The van der Waals surface area contributed by atoms with Crippen LogP contribution in [0.4, 0.5) is 15.9 Å². The van der Waals surface area contributed by atoms with Gasteiger partial charge in [0.1, 0.15) is 11.6 Å². The summed E-state index contributed by atoms with van der Waals surface area (Å²) < 4.78 is 15.2. The molecule has 1 N–H and O–H groups in total. The Bertz CT molecular complexity index is 1380. The van der Waals surface area contributed by atoms with Crippen molar-refractivity contribution in [2.75, 3.05) is 23.3 Å². The molecule has 0 unspecified atom stereocenters. The number of carbonyl (C=O) groups is 1. The highest BCUT2D eigenvalue weighted by molar-refractivity contribution is 5.94. The van der Waals surface area contributed by atoms with Gasteiger partial charge in [-0.05, 0) is 75.9 Å². The fraction of sp³-hybridized carbons (Fsp3) is 0.321. The zero-order valence-electron chi connectivity index (χ0n) is 20.6. The molecule has 5 rings (SSSR count). The number of hydrogen-bond acceptors (Lipinski definition) is 4. The van der Waals surface area contributed by atoms with Crippen molar-refractivity contribution >= 4 is 23.1 Å². The van der Waals surface area contributed by atoms with Gasteiger partial charge in [-0.1, -0.05) is 17.7 Å². The number of benzene rings is 2. The highest BCUT2D eigenvalue weighted by Crippen LogP contribution is 2.29. The van der Waals surface area contributed by atoms with E-state index < -0.39 is 0 Å². The molecule has 1 fully saturated rings. The van der Waals surface area contributed by atoms with Gasteiger partial charge in [0, 0.05) is 48.1 Å². The summed E-state index contributed by atoms with van der Waals surface area (Å²) in [6, 6.07) is 14.5. The number of halogens is 1. The van der Waals surface area contributed by atoms with Crippen molar-refractivity contribution in [3.63, 3.8) is 0 Å². The minimum atomic E-state index is -0.272. The van der Waals surface area contributed by atoms with Crippen LogP contribution in [0.25, 0.3) is 16.9 Å². The molecule has 0 spiro atoms. The molecule has 0 radical (unpaired) electrons. The predicted molar refractivity (Wildman–Crippen MR) is 137 cm³/mol. The molecule has 2 aromatic carbocycles. The monoisotopic (exact) mass is 471 g/mol. The summed E-state index contributed by atoms with van der Waals surface area (Å²) >= 11 is 0. The molecule has 1 aliphatic heterocycles. The number of amides is 1. The first-order chi connectivity index (χ1) is 16.8. The highest BCUT2D eigenvalue weighted by Gasteiger charge is 2.27. The number of rotatable bonds is 4. The molecule has 180 valence electrons. The third-order valence-corrected chi connectivity index (χ3v) is 6.79. The van der Waals surface area contributed by atoms with Gasteiger partial charge in [0.05, 0.1) is 5.69 Å². The predicted octanol–water partition coefficient (Wildman–Crippen LogP) is 5.62. The van der Waals surface area contributed by atoms with Gasteiger partial charge in [0.2, 0.25) is 5.91 Å². The largest absolute Gasteiger partial charge is 0.356 e. The Balaban J connectivity index is 1.33. The molecule has 1 saturated heterocycles. The van der Waals surface area contributed by atoms with Crippen LogP contribution in [0.15, 0.2) is 48.5 Å². The van der Waals surface area contributed by atoms with E-state index >= 15 is 0 Å². The van der Waals surface area contributed by atoms with E-state index in [0.29, 0.717) is 0 Å². The third-order valence-electron chi connectivity index (χ3n) is 6.79. The van der Waals surface area contributed by atoms with Gasteiger partial charge in [0.15, 0.2) is 5.65 Å². The second-order valence-corrected chi connectivity index (χ2v) is 9.59. The number of piperidine rings is 1. The fourth-order valence-corrected chi connectivity index (χ4v) is 5.04. The Hall–Kier alpha value is -3.74. The maximum absolute atomic E-state index is 13.4. The van der Waals surface area contributed by atoms with E-state index in [1.807, 2.05) is 37.4 Å². The van der Waals surface area contributed by atoms with Crippen LogP contribution in [-0.2, 0) is 4.79 Å². The lowest BCUT2D eigenvalue weighted by molar-refractivity contribution is -0.120. The molecule has 2 aromatic heterocycles. The van der Waals surface area contributed by atoms with E-state index in [-0.39, 0.29) is 17.6 Å². The quantitative estimate of drug-likeness (QED) is 0.419. The van der Waals surface area contributed by atoms with Crippen LogP contribution in [-0.4, -0.2) is 33.6 Å². The zero-order chi connectivity index (χ0) is 24.7. The van der Waals surface area contributed by atoms with E-state index in [1.54, 1.807) is 12.1 Å². The topological polar surface area (TPSA) is 62.5 Å². The Morgan fingerprint density at radius 3 is 2.29 bits per heavy atom. The van der Waals surface area contributed by atoms with Crippen molar-refractivity contribution in [2.45, 2.75) is 40.5 Å². The molecule has 1 amide bonds. The van der Waals surface area contributed by atoms with Crippen LogP contribution in [0, 0.1) is 39.4 Å². The molecule has 4 aromatic rings. The van der Waals surface area contributed by atoms with Crippen molar-refractivity contribution in [2.24, 2.45) is 5.92 Å². The summed E-state index contributed by atoms with van der Waals surface area (Å²) in [6.45, 7) is 9.64. The van der Waals surface area contributed by atoms with Crippen molar-refractivity contribution in [1.82, 2.24) is 14.6 Å². The number of aromatic nitrogens is 3. The van der Waals surface area contributed by atoms with Gasteiger partial charge < -0.3 is 10.2 Å². The lowest BCUT2D eigenvalue weighted by Gasteiger charge is -2.33. The van der Waals surface area contributed by atoms with E-state index in [4.69, 9.17) is 5.10 Å². The van der Waals surface area contributed by atoms with Crippen molar-refractivity contribution in [3.8, 4) is 11.3 Å². The smallest absolute Gasteiger partial charge is 0.227 e. The number of hydrogen-bond donors (Lipinski definition) is 1. The Morgan fingerprint density at radius 2 is 1.63 bits per heavy atom. The second kappa shape index (κ2) is 9.13. The van der Waals surface area contributed by atoms with Crippen LogP contribution in [0.5, 0.6) is 0 Å². The molecule has 7 heteroatoms. The number of fused-ring (bicyclic) bond motifs is 1. The first-order valence-corrected chi connectivity index (χ1v) is 12.1. The molecular formula is C28H30FN5O. The molecule has 35 heavy (non-hydrogen) atoms. The Kier molecular flexibility index (Phi) is 6.01. The van der Waals surface area contributed by atoms with Gasteiger partial charge in [0.25, 0.3) is 0 Å². The molecule has 0 saturated carbocycles. The normalized spacial score (nSPS) is 14.5. The number of nitrogens with zero attached hydrogens (tertiary/aromatic N) is 4. The van der Waals surface area contributed by atoms with Gasteiger partial charge >= 0.3 is 0 Å². The summed E-state index contributed by atoms with van der Waals surface area (Å²) in [5.41, 5.74) is 7.58. The summed E-state index contributed by atoms with van der Waals surface area (Å²) in [5.74, 6) is 0.752. The Labute approximate surface area is 204 Å². The minimum absolute atomic E-state index is 0.0304. The van der Waals surface area contributed by atoms with Crippen molar-refractivity contribution in [3.05, 3.63) is 76.7 Å². The van der Waals surface area contributed by atoms with Crippen LogP contribution < -0.4 is 10.2 Å². The average Bonchev–Trinajstić information content (AvgIpc) is 3.25. The average molecular weight is 472 g/mol. The van der Waals surface area contributed by atoms with Crippen LogP contribution in [0.1, 0.15) is 35.2 Å². The standard InChI is InChI=1S/C28H30FN5O/c1-17-13-18(2)27(19(3)14-17)31-28(35)22-9-11-33(12-10-22)26-15-20(4)30-25-16-24(32-34(25)26)21-5-7-23(29)8-6-21/h5-8,13-16,22H,9-12H2,1-4H3,(H,31,35). The lowest BCUT2D eigenvalue weighted by atomic mass is 9.95. The molecule has 0 atom stereocenters. The van der Waals surface area contributed by atoms with Crippen molar-refractivity contribution < 1.29 is 9.18 Å². The molecule has 3 heterocycles. The number of aryl methyl sites for hydroxylation is 4. The zero-order valence-corrected chi connectivity index (χ0v) is 20.6. The van der Waals surface area contributed by atoms with Crippen LogP contribution >= 0.6 is 0 Å². The molecule has 0 bridgehead atoms. The summed E-state index contributed by atoms with van der Waals surface area (Å²) in [7, 11) is 0. The SMILES string of the molecule is Cc1cc(C)c(NC(=O)C2CCN(c3cc(C)nc4cc(-c5ccc(F)cc5)nn34)CC2)c(C)c1. The maximum Gasteiger partial charge on any atom is 0.227 e. The molecule has 6 nitrogen and oxygen atoms in total. The minimum Gasteiger partial charge on any atom is -0.356 e. The van der Waals surface area contributed by atoms with Gasteiger partial charge in [-0.15, -0.1) is 0 Å². The second-order valence-electron chi connectivity index (χ2n) is 9.59. The summed E-state index contributed by atoms with van der Waals surface area (Å²) in [4.78, 5) is 20.0. The molecular weight excluding hydrogens is 441 g/mol. The fourth-order valence-electron chi connectivity index (χ4n) is 5.04. The molecule has 0 aliphatic carbocycles.